The zero-order valence-corrected chi connectivity index (χ0v) is 13.4. The molecule has 2 N–H and O–H groups in total. The Morgan fingerprint density at radius 1 is 0.955 bits per heavy atom. The van der Waals surface area contributed by atoms with Crippen LogP contribution in [0, 0.1) is 0 Å². The van der Waals surface area contributed by atoms with Gasteiger partial charge in [0.25, 0.3) is 0 Å². The van der Waals surface area contributed by atoms with Gasteiger partial charge in [0.15, 0.2) is 0 Å². The van der Waals surface area contributed by atoms with Crippen molar-refractivity contribution in [2.24, 2.45) is 0 Å². The van der Waals surface area contributed by atoms with Gasteiger partial charge in [-0.25, -0.2) is 0 Å². The molecule has 0 bridgehead atoms. The van der Waals surface area contributed by atoms with Crippen molar-refractivity contribution >= 4 is 0 Å². The van der Waals surface area contributed by atoms with E-state index in [2.05, 4.69) is 15.9 Å². The highest BCUT2D eigenvalue weighted by Crippen LogP contribution is 2.29. The summed E-state index contributed by atoms with van der Waals surface area (Å²) < 4.78 is 0. The second-order valence-corrected chi connectivity index (χ2v) is 7.01. The largest absolute Gasteiger partial charge is 0.508 e. The molecule has 4 heteroatoms. The monoisotopic (exact) mass is 304 g/mol. The van der Waals surface area contributed by atoms with E-state index in [1.54, 1.807) is 6.07 Å². The molecular formula is C18H28N2O2. The topological polar surface area (TPSA) is 46.9 Å². The molecule has 122 valence electrons. The van der Waals surface area contributed by atoms with Crippen LogP contribution >= 0.6 is 0 Å². The maximum atomic E-state index is 10.7. The molecule has 2 fully saturated rings. The predicted molar refractivity (Wildman–Crippen MR) is 87.9 cm³/mol. The minimum atomic E-state index is -0.439. The normalized spacial score (nSPS) is 23.5. The van der Waals surface area contributed by atoms with E-state index in [0.29, 0.717) is 5.75 Å². The van der Waals surface area contributed by atoms with Gasteiger partial charge in [0.2, 0.25) is 0 Å². The SMILES string of the molecule is Oc1cccc(CN2CCN(CC3(O)CCCCC3)CC2)c1. The molecule has 0 atom stereocenters. The summed E-state index contributed by atoms with van der Waals surface area (Å²) in [6.45, 7) is 5.86. The summed E-state index contributed by atoms with van der Waals surface area (Å²) in [7, 11) is 0. The maximum Gasteiger partial charge on any atom is 0.115 e. The Bertz CT molecular complexity index is 478. The van der Waals surface area contributed by atoms with Crippen molar-refractivity contribution in [3.05, 3.63) is 29.8 Å². The van der Waals surface area contributed by atoms with E-state index in [1.165, 1.54) is 24.8 Å². The number of phenols is 1. The van der Waals surface area contributed by atoms with E-state index in [1.807, 2.05) is 12.1 Å². The Hall–Kier alpha value is -1.10. The number of phenolic OH excluding ortho intramolecular Hbond substituents is 1. The van der Waals surface area contributed by atoms with Gasteiger partial charge in [0.05, 0.1) is 5.60 Å². The maximum absolute atomic E-state index is 10.7. The number of nitrogens with zero attached hydrogens (tertiary/aromatic N) is 2. The van der Waals surface area contributed by atoms with Gasteiger partial charge in [-0.15, -0.1) is 0 Å². The lowest BCUT2D eigenvalue weighted by atomic mass is 9.84. The molecule has 0 radical (unpaired) electrons. The first-order chi connectivity index (χ1) is 10.6. The molecule has 1 aromatic carbocycles. The van der Waals surface area contributed by atoms with E-state index in [9.17, 15) is 10.2 Å². The summed E-state index contributed by atoms with van der Waals surface area (Å²) in [5.74, 6) is 0.343. The van der Waals surface area contributed by atoms with Crippen LogP contribution < -0.4 is 0 Å². The number of aromatic hydroxyl groups is 1. The zero-order chi connectivity index (χ0) is 15.4. The number of hydrogen-bond donors (Lipinski definition) is 2. The Kier molecular flexibility index (Phi) is 5.01. The predicted octanol–water partition coefficient (Wildman–Crippen LogP) is 2.21. The highest BCUT2D eigenvalue weighted by Gasteiger charge is 2.32. The molecule has 1 heterocycles. The third-order valence-electron chi connectivity index (χ3n) is 5.08. The van der Waals surface area contributed by atoms with Crippen LogP contribution in [-0.2, 0) is 6.54 Å². The van der Waals surface area contributed by atoms with Crippen LogP contribution in [0.5, 0.6) is 5.75 Å². The highest BCUT2D eigenvalue weighted by molar-refractivity contribution is 5.27. The Balaban J connectivity index is 1.46. The molecule has 1 aliphatic heterocycles. The molecule has 0 amide bonds. The number of aliphatic hydroxyl groups is 1. The lowest BCUT2D eigenvalue weighted by Gasteiger charge is -2.41. The van der Waals surface area contributed by atoms with Crippen molar-refractivity contribution in [3.63, 3.8) is 0 Å². The molecule has 22 heavy (non-hydrogen) atoms. The van der Waals surface area contributed by atoms with E-state index in [0.717, 1.165) is 52.1 Å². The fraction of sp³-hybridized carbons (Fsp3) is 0.667. The Labute approximate surface area is 133 Å². The van der Waals surface area contributed by atoms with Gasteiger partial charge in [-0.3, -0.25) is 9.80 Å². The second-order valence-electron chi connectivity index (χ2n) is 7.01. The first-order valence-electron chi connectivity index (χ1n) is 8.58. The van der Waals surface area contributed by atoms with Crippen LogP contribution in [0.1, 0.15) is 37.7 Å². The summed E-state index contributed by atoms with van der Waals surface area (Å²) in [6, 6.07) is 7.53. The summed E-state index contributed by atoms with van der Waals surface area (Å²) in [6.07, 6.45) is 5.56. The first-order valence-corrected chi connectivity index (χ1v) is 8.58. The molecule has 1 saturated heterocycles. The van der Waals surface area contributed by atoms with Crippen molar-refractivity contribution in [2.45, 2.75) is 44.2 Å². The second kappa shape index (κ2) is 6.99. The molecule has 1 aliphatic carbocycles. The average molecular weight is 304 g/mol. The molecule has 3 rings (SSSR count). The first kappa shape index (κ1) is 15.8. The lowest BCUT2D eigenvalue weighted by molar-refractivity contribution is -0.0359. The highest BCUT2D eigenvalue weighted by atomic mass is 16.3. The molecule has 2 aliphatic rings. The minimum Gasteiger partial charge on any atom is -0.508 e. The van der Waals surface area contributed by atoms with Crippen LogP contribution in [0.25, 0.3) is 0 Å². The number of β-amino-alcohol motifs (C(OH)–C–C–N with tert-alkyl or cyclic N) is 1. The van der Waals surface area contributed by atoms with Crippen molar-refractivity contribution in [1.82, 2.24) is 9.80 Å². The number of hydrogen-bond acceptors (Lipinski definition) is 4. The third-order valence-corrected chi connectivity index (χ3v) is 5.08. The molecule has 1 aromatic rings. The van der Waals surface area contributed by atoms with Gasteiger partial charge in [-0.1, -0.05) is 31.4 Å². The van der Waals surface area contributed by atoms with Crippen molar-refractivity contribution in [2.75, 3.05) is 32.7 Å². The molecule has 0 spiro atoms. The van der Waals surface area contributed by atoms with Gasteiger partial charge >= 0.3 is 0 Å². The fourth-order valence-electron chi connectivity index (χ4n) is 3.80. The third kappa shape index (κ3) is 4.22. The van der Waals surface area contributed by atoms with Gasteiger partial charge in [-0.05, 0) is 30.5 Å². The van der Waals surface area contributed by atoms with Gasteiger partial charge < -0.3 is 10.2 Å². The van der Waals surface area contributed by atoms with Crippen LogP contribution in [0.2, 0.25) is 0 Å². The molecule has 0 aromatic heterocycles. The molecule has 4 nitrogen and oxygen atoms in total. The zero-order valence-electron chi connectivity index (χ0n) is 13.4. The molecular weight excluding hydrogens is 276 g/mol. The van der Waals surface area contributed by atoms with Gasteiger partial charge in [0.1, 0.15) is 5.75 Å². The van der Waals surface area contributed by atoms with Gasteiger partial charge in [0, 0.05) is 39.3 Å². The number of benzene rings is 1. The van der Waals surface area contributed by atoms with Crippen LogP contribution in [0.4, 0.5) is 0 Å². The number of piperazine rings is 1. The molecule has 0 unspecified atom stereocenters. The quantitative estimate of drug-likeness (QED) is 0.895. The summed E-state index contributed by atoms with van der Waals surface area (Å²) in [5.41, 5.74) is 0.727. The van der Waals surface area contributed by atoms with Gasteiger partial charge in [-0.2, -0.15) is 0 Å². The average Bonchev–Trinajstić information content (AvgIpc) is 2.50. The molecule has 1 saturated carbocycles. The van der Waals surface area contributed by atoms with Crippen molar-refractivity contribution < 1.29 is 10.2 Å². The van der Waals surface area contributed by atoms with E-state index >= 15 is 0 Å². The van der Waals surface area contributed by atoms with Crippen molar-refractivity contribution in [1.29, 1.82) is 0 Å². The summed E-state index contributed by atoms with van der Waals surface area (Å²) in [4.78, 5) is 4.85. The Morgan fingerprint density at radius 3 is 2.32 bits per heavy atom. The standard InChI is InChI=1S/C18H28N2O2/c21-17-6-4-5-16(13-17)14-19-9-11-20(12-10-19)15-18(22)7-2-1-3-8-18/h4-6,13,21-22H,1-3,7-12,14-15H2. The smallest absolute Gasteiger partial charge is 0.115 e. The summed E-state index contributed by atoms with van der Waals surface area (Å²) >= 11 is 0. The lowest BCUT2D eigenvalue weighted by Crippen LogP contribution is -2.52. The van der Waals surface area contributed by atoms with Crippen LogP contribution in [-0.4, -0.2) is 58.3 Å². The summed E-state index contributed by atoms with van der Waals surface area (Å²) in [5, 5.41) is 20.2. The van der Waals surface area contributed by atoms with Crippen molar-refractivity contribution in [3.8, 4) is 5.75 Å². The minimum absolute atomic E-state index is 0.343. The Morgan fingerprint density at radius 2 is 1.64 bits per heavy atom. The van der Waals surface area contributed by atoms with E-state index in [4.69, 9.17) is 0 Å². The van der Waals surface area contributed by atoms with Crippen LogP contribution in [0.15, 0.2) is 24.3 Å². The van der Waals surface area contributed by atoms with Crippen LogP contribution in [0.3, 0.4) is 0 Å². The van der Waals surface area contributed by atoms with E-state index < -0.39 is 5.60 Å². The fourth-order valence-corrected chi connectivity index (χ4v) is 3.80. The number of rotatable bonds is 4. The van der Waals surface area contributed by atoms with E-state index in [-0.39, 0.29) is 0 Å².